The van der Waals surface area contributed by atoms with Crippen LogP contribution in [0.1, 0.15) is 32.0 Å². The molecule has 0 unspecified atom stereocenters. The van der Waals surface area contributed by atoms with Gasteiger partial charge in [0, 0.05) is 33.0 Å². The number of nitrogens with two attached hydrogens (primary N) is 1. The van der Waals surface area contributed by atoms with Gasteiger partial charge in [-0.25, -0.2) is 9.69 Å². The zero-order valence-corrected chi connectivity index (χ0v) is 25.7. The molecule has 1 fully saturated rings. The van der Waals surface area contributed by atoms with Crippen LogP contribution >= 0.6 is 0 Å². The second-order valence-corrected chi connectivity index (χ2v) is 17.6. The Morgan fingerprint density at radius 3 is 2.47 bits per heavy atom. The maximum absolute atomic E-state index is 14.1. The van der Waals surface area contributed by atoms with Crippen molar-refractivity contribution in [2.45, 2.75) is 37.8 Å². The summed E-state index contributed by atoms with van der Waals surface area (Å²) >= 11 is 0. The highest BCUT2D eigenvalue weighted by atomic mass is 28.3. The minimum atomic E-state index is -1.55. The molecule has 2 aliphatic heterocycles. The number of fused-ring (bicyclic) bond motifs is 1. The van der Waals surface area contributed by atoms with Gasteiger partial charge in [0.15, 0.2) is 5.54 Å². The SMILES string of the molecule is COc1ccc2c(c1)C(=O)N(C[C@@]1(c3ccc(-c4ccnc(C(N)=O)c4)cc3)NC(=O)N(COCC[Si](C)(C)C)C1=O)C2. The van der Waals surface area contributed by atoms with Crippen molar-refractivity contribution in [1.82, 2.24) is 20.1 Å². The highest BCUT2D eigenvalue weighted by Crippen LogP contribution is 2.35. The first-order valence-electron chi connectivity index (χ1n) is 14.0. The van der Waals surface area contributed by atoms with Crippen molar-refractivity contribution in [3.05, 3.63) is 83.2 Å². The number of imide groups is 1. The van der Waals surface area contributed by atoms with Crippen molar-refractivity contribution >= 4 is 31.8 Å². The molecule has 1 aromatic heterocycles. The number of ether oxygens (including phenoxy) is 2. The molecule has 0 saturated carbocycles. The average molecular weight is 602 g/mol. The number of pyridine rings is 1. The van der Waals surface area contributed by atoms with Gasteiger partial charge in [-0.3, -0.25) is 19.4 Å². The Morgan fingerprint density at radius 1 is 1.05 bits per heavy atom. The van der Waals surface area contributed by atoms with Crippen molar-refractivity contribution in [2.24, 2.45) is 5.73 Å². The summed E-state index contributed by atoms with van der Waals surface area (Å²) in [5.74, 6) is -0.841. The third-order valence-electron chi connectivity index (χ3n) is 7.74. The van der Waals surface area contributed by atoms with Crippen LogP contribution in [0.25, 0.3) is 11.1 Å². The van der Waals surface area contributed by atoms with E-state index in [0.717, 1.165) is 22.1 Å². The normalized spacial score (nSPS) is 18.2. The van der Waals surface area contributed by atoms with Crippen LogP contribution in [0.5, 0.6) is 5.75 Å². The lowest BCUT2D eigenvalue weighted by atomic mass is 9.87. The number of carbonyl (C=O) groups is 4. The summed E-state index contributed by atoms with van der Waals surface area (Å²) in [4.78, 5) is 59.1. The molecule has 0 bridgehead atoms. The lowest BCUT2D eigenvalue weighted by Crippen LogP contribution is -2.53. The molecule has 12 heteroatoms. The highest BCUT2D eigenvalue weighted by molar-refractivity contribution is 6.76. The van der Waals surface area contributed by atoms with Gasteiger partial charge in [0.2, 0.25) is 0 Å². The van der Waals surface area contributed by atoms with Gasteiger partial charge < -0.3 is 25.4 Å². The largest absolute Gasteiger partial charge is 0.497 e. The number of nitrogens with zero attached hydrogens (tertiary/aromatic N) is 3. The van der Waals surface area contributed by atoms with E-state index in [1.807, 2.05) is 6.07 Å². The zero-order valence-electron chi connectivity index (χ0n) is 24.7. The molecule has 2 aromatic carbocycles. The Bertz CT molecular complexity index is 1590. The number of methoxy groups -OCH3 is 1. The monoisotopic (exact) mass is 601 g/mol. The first-order chi connectivity index (χ1) is 20.4. The van der Waals surface area contributed by atoms with Gasteiger partial charge in [-0.05, 0) is 52.6 Å². The van der Waals surface area contributed by atoms with Gasteiger partial charge in [-0.1, -0.05) is 50.0 Å². The molecule has 1 atom stereocenters. The van der Waals surface area contributed by atoms with Crippen LogP contribution in [-0.4, -0.2) is 73.6 Å². The van der Waals surface area contributed by atoms with Crippen LogP contribution in [0.15, 0.2) is 60.8 Å². The Balaban J connectivity index is 1.46. The molecule has 43 heavy (non-hydrogen) atoms. The van der Waals surface area contributed by atoms with Crippen LogP contribution in [0.2, 0.25) is 25.7 Å². The number of amides is 5. The minimum absolute atomic E-state index is 0.0841. The lowest BCUT2D eigenvalue weighted by Gasteiger charge is -2.32. The van der Waals surface area contributed by atoms with Crippen LogP contribution in [0, 0.1) is 0 Å². The summed E-state index contributed by atoms with van der Waals surface area (Å²) in [5.41, 5.74) is 7.25. The number of carbonyl (C=O) groups excluding carboxylic acids is 4. The third kappa shape index (κ3) is 6.01. The second-order valence-electron chi connectivity index (χ2n) is 12.0. The maximum Gasteiger partial charge on any atom is 0.327 e. The van der Waals surface area contributed by atoms with E-state index in [2.05, 4.69) is 29.9 Å². The van der Waals surface area contributed by atoms with E-state index in [-0.39, 0.29) is 31.4 Å². The molecule has 1 saturated heterocycles. The van der Waals surface area contributed by atoms with Crippen LogP contribution in [-0.2, 0) is 21.6 Å². The Morgan fingerprint density at radius 2 is 1.79 bits per heavy atom. The molecule has 5 amide bonds. The van der Waals surface area contributed by atoms with Crippen molar-refractivity contribution in [3.63, 3.8) is 0 Å². The van der Waals surface area contributed by atoms with Crippen molar-refractivity contribution in [1.29, 1.82) is 0 Å². The van der Waals surface area contributed by atoms with Gasteiger partial charge in [0.25, 0.3) is 17.7 Å². The zero-order chi connectivity index (χ0) is 30.9. The Kier molecular flexibility index (Phi) is 8.08. The number of hydrogen-bond acceptors (Lipinski definition) is 7. The molecule has 0 aliphatic carbocycles. The number of urea groups is 1. The molecule has 3 N–H and O–H groups in total. The van der Waals surface area contributed by atoms with Gasteiger partial charge >= 0.3 is 6.03 Å². The molecule has 3 heterocycles. The predicted molar refractivity (Wildman–Crippen MR) is 162 cm³/mol. The Labute approximate surface area is 251 Å². The van der Waals surface area contributed by atoms with Crippen LogP contribution in [0.3, 0.4) is 0 Å². The summed E-state index contributed by atoms with van der Waals surface area (Å²) in [7, 11) is 0.159. The fourth-order valence-corrected chi connectivity index (χ4v) is 6.00. The van der Waals surface area contributed by atoms with Crippen molar-refractivity contribution in [2.75, 3.05) is 27.0 Å². The fourth-order valence-electron chi connectivity index (χ4n) is 5.24. The number of nitrogens with one attached hydrogen (secondary N) is 1. The number of rotatable bonds is 11. The van der Waals surface area contributed by atoms with Gasteiger partial charge in [0.1, 0.15) is 18.2 Å². The van der Waals surface area contributed by atoms with Gasteiger partial charge in [-0.2, -0.15) is 0 Å². The van der Waals surface area contributed by atoms with E-state index in [1.54, 1.807) is 53.4 Å². The molecule has 2 aliphatic rings. The Hall–Kier alpha value is -4.55. The maximum atomic E-state index is 14.1. The van der Waals surface area contributed by atoms with E-state index in [9.17, 15) is 19.2 Å². The first kappa shape index (κ1) is 29.9. The molecular weight excluding hydrogens is 566 g/mol. The van der Waals surface area contributed by atoms with Gasteiger partial charge in [0.05, 0.1) is 13.7 Å². The van der Waals surface area contributed by atoms with E-state index < -0.39 is 31.5 Å². The van der Waals surface area contributed by atoms with Crippen LogP contribution in [0.4, 0.5) is 4.79 Å². The van der Waals surface area contributed by atoms with E-state index in [1.165, 1.54) is 13.3 Å². The van der Waals surface area contributed by atoms with Crippen LogP contribution < -0.4 is 15.8 Å². The lowest BCUT2D eigenvalue weighted by molar-refractivity contribution is -0.135. The molecule has 11 nitrogen and oxygen atoms in total. The van der Waals surface area contributed by atoms with Gasteiger partial charge in [-0.15, -0.1) is 0 Å². The number of aromatic nitrogens is 1. The number of primary amides is 1. The summed E-state index contributed by atoms with van der Waals surface area (Å²) in [6, 6.07) is 16.0. The quantitative estimate of drug-likeness (QED) is 0.194. The summed E-state index contributed by atoms with van der Waals surface area (Å²) in [6.45, 7) is 7.11. The topological polar surface area (TPSA) is 144 Å². The minimum Gasteiger partial charge on any atom is -0.497 e. The standard InChI is InChI=1S/C31H35N5O6Si/c1-41-24-10-7-22-17-35(28(38)25(22)16-24)18-31(29(39)36(30(40)34-31)19-42-13-14-43(2,3)4)23-8-5-20(6-9-23)21-11-12-33-26(15-21)27(32)37/h5-12,15-16H,13-14,17-19H2,1-4H3,(H2,32,37)(H,34,40)/t31-/m0/s1. The molecular formula is C31H35N5O6Si. The number of benzene rings is 2. The summed E-state index contributed by atoms with van der Waals surface area (Å²) in [6.07, 6.45) is 1.50. The summed E-state index contributed by atoms with van der Waals surface area (Å²) < 4.78 is 11.1. The van der Waals surface area contributed by atoms with Crippen molar-refractivity contribution < 1.29 is 28.7 Å². The first-order valence-corrected chi connectivity index (χ1v) is 17.7. The molecule has 0 radical (unpaired) electrons. The smallest absolute Gasteiger partial charge is 0.327 e. The third-order valence-corrected chi connectivity index (χ3v) is 9.44. The van der Waals surface area contributed by atoms with E-state index in [4.69, 9.17) is 15.2 Å². The fraction of sp³-hybridized carbons (Fsp3) is 0.323. The van der Waals surface area contributed by atoms with E-state index in [0.29, 0.717) is 29.0 Å². The van der Waals surface area contributed by atoms with Crippen molar-refractivity contribution in [3.8, 4) is 16.9 Å². The highest BCUT2D eigenvalue weighted by Gasteiger charge is 2.54. The number of hydrogen-bond donors (Lipinski definition) is 2. The predicted octanol–water partition coefficient (Wildman–Crippen LogP) is 3.57. The molecule has 5 rings (SSSR count). The van der Waals surface area contributed by atoms with E-state index >= 15 is 0 Å². The molecule has 3 aromatic rings. The molecule has 224 valence electrons. The summed E-state index contributed by atoms with van der Waals surface area (Å²) in [5, 5.41) is 2.90. The second kappa shape index (κ2) is 11.6. The average Bonchev–Trinajstić information content (AvgIpc) is 3.42. The molecule has 0 spiro atoms.